The smallest absolute Gasteiger partial charge is 0.163 e. The maximum Gasteiger partial charge on any atom is 0.163 e. The Labute approximate surface area is 106 Å². The molecule has 0 fully saturated rings. The lowest BCUT2D eigenvalue weighted by atomic mass is 10.1. The number of rotatable bonds is 3. The number of aliphatic hydroxyl groups is 1. The molecule has 1 aromatic carbocycles. The number of hydrogen-bond acceptors (Lipinski definition) is 3. The van der Waals surface area contributed by atoms with Gasteiger partial charge in [-0.25, -0.2) is 0 Å². The summed E-state index contributed by atoms with van der Waals surface area (Å²) < 4.78 is 11.2. The van der Waals surface area contributed by atoms with E-state index in [-0.39, 0.29) is 6.61 Å². The lowest BCUT2D eigenvalue weighted by molar-refractivity contribution is 0.172. The Bertz CT molecular complexity index is 574. The molecule has 0 aliphatic carbocycles. The van der Waals surface area contributed by atoms with Crippen molar-refractivity contribution in [2.75, 3.05) is 19.8 Å². The highest BCUT2D eigenvalue weighted by Crippen LogP contribution is 2.36. The molecule has 1 aromatic heterocycles. The highest BCUT2D eigenvalue weighted by Gasteiger charge is 2.16. The molecule has 2 N–H and O–H groups in total. The second-order valence-corrected chi connectivity index (χ2v) is 4.60. The number of aliphatic hydroxyl groups excluding tert-OH is 1. The Balaban J connectivity index is 2.10. The minimum Gasteiger partial charge on any atom is -0.486 e. The molecule has 4 nitrogen and oxygen atoms in total. The predicted octanol–water partition coefficient (Wildman–Crippen LogP) is 2.17. The van der Waals surface area contributed by atoms with Crippen LogP contribution in [0.5, 0.6) is 11.5 Å². The van der Waals surface area contributed by atoms with E-state index in [4.69, 9.17) is 14.6 Å². The standard InChI is InChI=1S/C14H17NO3/c1-9-10(3-2-4-16)11-7-13-14(8-12(11)15-9)18-6-5-17-13/h7-8,15-16H,2-6H2,1H3. The van der Waals surface area contributed by atoms with Crippen molar-refractivity contribution >= 4 is 10.9 Å². The van der Waals surface area contributed by atoms with Crippen LogP contribution < -0.4 is 9.47 Å². The van der Waals surface area contributed by atoms with E-state index >= 15 is 0 Å². The first-order valence-corrected chi connectivity index (χ1v) is 6.31. The SMILES string of the molecule is Cc1[nH]c2cc3c(cc2c1CCCO)OCCO3. The van der Waals surface area contributed by atoms with Gasteiger partial charge in [0.15, 0.2) is 11.5 Å². The molecule has 0 amide bonds. The molecular weight excluding hydrogens is 230 g/mol. The number of benzene rings is 1. The van der Waals surface area contributed by atoms with Crippen LogP contribution in [-0.4, -0.2) is 29.9 Å². The first-order valence-electron chi connectivity index (χ1n) is 6.31. The van der Waals surface area contributed by atoms with Crippen LogP contribution in [0, 0.1) is 6.92 Å². The van der Waals surface area contributed by atoms with Crippen LogP contribution in [0.3, 0.4) is 0 Å². The van der Waals surface area contributed by atoms with Crippen LogP contribution >= 0.6 is 0 Å². The largest absolute Gasteiger partial charge is 0.486 e. The highest BCUT2D eigenvalue weighted by molar-refractivity contribution is 5.88. The third kappa shape index (κ3) is 1.82. The number of aromatic nitrogens is 1. The summed E-state index contributed by atoms with van der Waals surface area (Å²) in [6, 6.07) is 4.04. The molecule has 96 valence electrons. The van der Waals surface area contributed by atoms with Gasteiger partial charge in [-0.2, -0.15) is 0 Å². The van der Waals surface area contributed by atoms with Gasteiger partial charge in [0.2, 0.25) is 0 Å². The number of aromatic amines is 1. The van der Waals surface area contributed by atoms with E-state index in [1.807, 2.05) is 12.1 Å². The number of nitrogens with one attached hydrogen (secondary N) is 1. The van der Waals surface area contributed by atoms with E-state index in [2.05, 4.69) is 11.9 Å². The van der Waals surface area contributed by atoms with Crippen molar-refractivity contribution in [3.8, 4) is 11.5 Å². The Hall–Kier alpha value is -1.68. The molecule has 3 rings (SSSR count). The topological polar surface area (TPSA) is 54.5 Å². The number of H-pyrrole nitrogens is 1. The van der Waals surface area contributed by atoms with Gasteiger partial charge in [-0.15, -0.1) is 0 Å². The van der Waals surface area contributed by atoms with Crippen LogP contribution in [0.4, 0.5) is 0 Å². The molecule has 18 heavy (non-hydrogen) atoms. The van der Waals surface area contributed by atoms with Crippen LogP contribution in [0.15, 0.2) is 12.1 Å². The molecule has 1 aliphatic heterocycles. The van der Waals surface area contributed by atoms with E-state index < -0.39 is 0 Å². The van der Waals surface area contributed by atoms with Gasteiger partial charge in [0, 0.05) is 29.3 Å². The minimum atomic E-state index is 0.219. The van der Waals surface area contributed by atoms with Crippen molar-refractivity contribution in [2.45, 2.75) is 19.8 Å². The predicted molar refractivity (Wildman–Crippen MR) is 69.4 cm³/mol. The Morgan fingerprint density at radius 3 is 2.67 bits per heavy atom. The summed E-state index contributed by atoms with van der Waals surface area (Å²) in [5.74, 6) is 1.63. The van der Waals surface area contributed by atoms with E-state index in [1.54, 1.807) is 0 Å². The molecule has 0 saturated heterocycles. The number of ether oxygens (including phenoxy) is 2. The number of hydrogen-bond donors (Lipinski definition) is 2. The van der Waals surface area contributed by atoms with Gasteiger partial charge in [-0.05, 0) is 31.4 Å². The summed E-state index contributed by atoms with van der Waals surface area (Å²) in [5, 5.41) is 10.1. The van der Waals surface area contributed by atoms with Crippen molar-refractivity contribution in [1.82, 2.24) is 4.98 Å². The molecule has 4 heteroatoms. The van der Waals surface area contributed by atoms with Gasteiger partial charge < -0.3 is 19.6 Å². The molecule has 0 radical (unpaired) electrons. The van der Waals surface area contributed by atoms with Gasteiger partial charge in [0.25, 0.3) is 0 Å². The average Bonchev–Trinajstić information content (AvgIpc) is 2.68. The first kappa shape index (κ1) is 11.4. The van der Waals surface area contributed by atoms with Crippen LogP contribution in [0.25, 0.3) is 10.9 Å². The molecule has 0 saturated carbocycles. The lowest BCUT2D eigenvalue weighted by Crippen LogP contribution is -2.15. The molecule has 2 aromatic rings. The normalized spacial score (nSPS) is 14.1. The molecule has 0 atom stereocenters. The maximum absolute atomic E-state index is 8.97. The first-order chi connectivity index (χ1) is 8.79. The zero-order valence-corrected chi connectivity index (χ0v) is 10.5. The monoisotopic (exact) mass is 247 g/mol. The fourth-order valence-electron chi connectivity index (χ4n) is 2.50. The van der Waals surface area contributed by atoms with Gasteiger partial charge in [-0.1, -0.05) is 0 Å². The summed E-state index contributed by atoms with van der Waals surface area (Å²) >= 11 is 0. The summed E-state index contributed by atoms with van der Waals surface area (Å²) in [6.45, 7) is 3.49. The second kappa shape index (κ2) is 4.53. The zero-order chi connectivity index (χ0) is 12.5. The quantitative estimate of drug-likeness (QED) is 0.874. The van der Waals surface area contributed by atoms with Gasteiger partial charge in [0.1, 0.15) is 13.2 Å². The van der Waals surface area contributed by atoms with Crippen LogP contribution in [0.1, 0.15) is 17.7 Å². The van der Waals surface area contributed by atoms with E-state index in [1.165, 1.54) is 10.9 Å². The van der Waals surface area contributed by atoms with Crippen molar-refractivity contribution in [1.29, 1.82) is 0 Å². The third-order valence-electron chi connectivity index (χ3n) is 3.37. The second-order valence-electron chi connectivity index (χ2n) is 4.60. The molecule has 1 aliphatic rings. The van der Waals surface area contributed by atoms with Crippen molar-refractivity contribution in [3.63, 3.8) is 0 Å². The Kier molecular flexibility index (Phi) is 2.88. The molecule has 0 unspecified atom stereocenters. The van der Waals surface area contributed by atoms with Crippen molar-refractivity contribution in [2.24, 2.45) is 0 Å². The average molecular weight is 247 g/mol. The van der Waals surface area contributed by atoms with E-state index in [0.29, 0.717) is 13.2 Å². The molecule has 0 spiro atoms. The van der Waals surface area contributed by atoms with Crippen molar-refractivity contribution in [3.05, 3.63) is 23.4 Å². The lowest BCUT2D eigenvalue weighted by Gasteiger charge is -2.18. The van der Waals surface area contributed by atoms with E-state index in [0.717, 1.165) is 35.6 Å². The number of fused-ring (bicyclic) bond motifs is 2. The Morgan fingerprint density at radius 2 is 1.94 bits per heavy atom. The van der Waals surface area contributed by atoms with Crippen LogP contribution in [-0.2, 0) is 6.42 Å². The van der Waals surface area contributed by atoms with Gasteiger partial charge in [0.05, 0.1) is 0 Å². The molecule has 0 bridgehead atoms. The summed E-state index contributed by atoms with van der Waals surface area (Å²) in [6.07, 6.45) is 1.66. The third-order valence-corrected chi connectivity index (χ3v) is 3.37. The number of aryl methyl sites for hydroxylation is 2. The fraction of sp³-hybridized carbons (Fsp3) is 0.429. The highest BCUT2D eigenvalue weighted by atomic mass is 16.6. The molecular formula is C14H17NO3. The van der Waals surface area contributed by atoms with E-state index in [9.17, 15) is 0 Å². The maximum atomic E-state index is 8.97. The fourth-order valence-corrected chi connectivity index (χ4v) is 2.50. The summed E-state index contributed by atoms with van der Waals surface area (Å²) in [4.78, 5) is 3.37. The van der Waals surface area contributed by atoms with Gasteiger partial charge >= 0.3 is 0 Å². The molecule has 2 heterocycles. The van der Waals surface area contributed by atoms with Gasteiger partial charge in [-0.3, -0.25) is 0 Å². The van der Waals surface area contributed by atoms with Crippen molar-refractivity contribution < 1.29 is 14.6 Å². The Morgan fingerprint density at radius 1 is 1.22 bits per heavy atom. The van der Waals surface area contributed by atoms with Crippen LogP contribution in [0.2, 0.25) is 0 Å². The minimum absolute atomic E-state index is 0.219. The zero-order valence-electron chi connectivity index (χ0n) is 10.5. The summed E-state index contributed by atoms with van der Waals surface area (Å²) in [5.41, 5.74) is 3.49. The summed E-state index contributed by atoms with van der Waals surface area (Å²) in [7, 11) is 0.